The van der Waals surface area contributed by atoms with Crippen LogP contribution in [0.1, 0.15) is 5.56 Å². The van der Waals surface area contributed by atoms with Crippen LogP contribution in [0.5, 0.6) is 0 Å². The lowest BCUT2D eigenvalue weighted by Gasteiger charge is -2.12. The SMILES string of the molecule is N#Cc1ccc2sc3ccc(-c4ccc(-c5nc6ccccc6c6c5ccc5cccnc56)cc4)cc3c2c1. The van der Waals surface area contributed by atoms with Crippen molar-refractivity contribution in [2.45, 2.75) is 0 Å². The molecule has 0 aliphatic heterocycles. The van der Waals surface area contributed by atoms with Crippen molar-refractivity contribution in [1.82, 2.24) is 9.97 Å². The average molecular weight is 514 g/mol. The molecule has 0 N–H and O–H groups in total. The van der Waals surface area contributed by atoms with E-state index < -0.39 is 0 Å². The Hall–Kier alpha value is -5.11. The molecule has 8 aromatic rings. The predicted octanol–water partition coefficient (Wildman–Crippen LogP) is 9.51. The van der Waals surface area contributed by atoms with Crippen molar-refractivity contribution in [2.24, 2.45) is 0 Å². The zero-order chi connectivity index (χ0) is 25.9. The number of benzene rings is 5. The van der Waals surface area contributed by atoms with E-state index in [1.807, 2.05) is 36.5 Å². The molecule has 3 nitrogen and oxygen atoms in total. The first kappa shape index (κ1) is 21.9. The molecule has 0 saturated heterocycles. The quantitative estimate of drug-likeness (QED) is 0.216. The fraction of sp³-hybridized carbons (Fsp3) is 0. The van der Waals surface area contributed by atoms with Crippen LogP contribution in [0.25, 0.3) is 75.1 Å². The minimum absolute atomic E-state index is 0.690. The highest BCUT2D eigenvalue weighted by Gasteiger charge is 2.14. The maximum Gasteiger partial charge on any atom is 0.0991 e. The molecular weight excluding hydrogens is 494 g/mol. The Morgan fingerprint density at radius 1 is 0.615 bits per heavy atom. The van der Waals surface area contributed by atoms with Crippen LogP contribution in [-0.4, -0.2) is 9.97 Å². The molecule has 3 heterocycles. The number of hydrogen-bond acceptors (Lipinski definition) is 4. The van der Waals surface area contributed by atoms with E-state index in [-0.39, 0.29) is 0 Å². The largest absolute Gasteiger partial charge is 0.256 e. The average Bonchev–Trinajstić information content (AvgIpc) is 3.37. The molecule has 0 saturated carbocycles. The number of rotatable bonds is 2. The van der Waals surface area contributed by atoms with E-state index in [2.05, 4.69) is 84.9 Å². The van der Waals surface area contributed by atoms with Gasteiger partial charge in [-0.1, -0.05) is 66.7 Å². The number of nitriles is 1. The van der Waals surface area contributed by atoms with Crippen LogP contribution in [0.2, 0.25) is 0 Å². The zero-order valence-electron chi connectivity index (χ0n) is 20.7. The maximum atomic E-state index is 9.38. The number of aromatic nitrogens is 2. The minimum atomic E-state index is 0.690. The predicted molar refractivity (Wildman–Crippen MR) is 163 cm³/mol. The summed E-state index contributed by atoms with van der Waals surface area (Å²) in [7, 11) is 0. The Morgan fingerprint density at radius 3 is 2.26 bits per heavy atom. The molecule has 0 unspecified atom stereocenters. The molecular formula is C35H19N3S. The molecule has 4 heteroatoms. The smallest absolute Gasteiger partial charge is 0.0991 e. The first-order valence-electron chi connectivity index (χ1n) is 12.8. The number of pyridine rings is 2. The summed E-state index contributed by atoms with van der Waals surface area (Å²) >= 11 is 1.76. The van der Waals surface area contributed by atoms with Crippen LogP contribution in [-0.2, 0) is 0 Å². The Balaban J connectivity index is 1.29. The summed E-state index contributed by atoms with van der Waals surface area (Å²) in [6.07, 6.45) is 1.86. The third-order valence-corrected chi connectivity index (χ3v) is 8.68. The molecule has 5 aromatic carbocycles. The fourth-order valence-electron chi connectivity index (χ4n) is 5.65. The summed E-state index contributed by atoms with van der Waals surface area (Å²) in [5.74, 6) is 0. The Labute approximate surface area is 228 Å². The summed E-state index contributed by atoms with van der Waals surface area (Å²) in [6, 6.07) is 40.2. The van der Waals surface area contributed by atoms with Crippen molar-refractivity contribution in [2.75, 3.05) is 0 Å². The molecule has 0 aliphatic carbocycles. The van der Waals surface area contributed by atoms with Gasteiger partial charge in [0, 0.05) is 53.5 Å². The van der Waals surface area contributed by atoms with Gasteiger partial charge in [0.2, 0.25) is 0 Å². The Bertz CT molecular complexity index is 2270. The van der Waals surface area contributed by atoms with Crippen LogP contribution < -0.4 is 0 Å². The van der Waals surface area contributed by atoms with Crippen molar-refractivity contribution in [3.8, 4) is 28.5 Å². The normalized spacial score (nSPS) is 11.6. The van der Waals surface area contributed by atoms with E-state index in [4.69, 9.17) is 9.97 Å². The second-order valence-electron chi connectivity index (χ2n) is 9.75. The van der Waals surface area contributed by atoms with Gasteiger partial charge in [-0.25, -0.2) is 4.98 Å². The van der Waals surface area contributed by atoms with E-state index in [9.17, 15) is 5.26 Å². The molecule has 0 amide bonds. The lowest BCUT2D eigenvalue weighted by molar-refractivity contribution is 1.41. The highest BCUT2D eigenvalue weighted by atomic mass is 32.1. The first-order chi connectivity index (χ1) is 19.3. The van der Waals surface area contributed by atoms with Gasteiger partial charge in [-0.05, 0) is 53.6 Å². The second kappa shape index (κ2) is 8.46. The zero-order valence-corrected chi connectivity index (χ0v) is 21.5. The van der Waals surface area contributed by atoms with E-state index in [1.165, 1.54) is 14.8 Å². The van der Waals surface area contributed by atoms with Crippen molar-refractivity contribution >= 4 is 64.1 Å². The molecule has 0 radical (unpaired) electrons. The number of fused-ring (bicyclic) bond motifs is 8. The third-order valence-electron chi connectivity index (χ3n) is 7.53. The Morgan fingerprint density at radius 2 is 1.38 bits per heavy atom. The van der Waals surface area contributed by atoms with Crippen LogP contribution in [0.15, 0.2) is 115 Å². The summed E-state index contributed by atoms with van der Waals surface area (Å²) < 4.78 is 2.43. The van der Waals surface area contributed by atoms with Crippen molar-refractivity contribution < 1.29 is 0 Å². The van der Waals surface area contributed by atoms with E-state index >= 15 is 0 Å². The minimum Gasteiger partial charge on any atom is -0.256 e. The van der Waals surface area contributed by atoms with Gasteiger partial charge in [0.1, 0.15) is 0 Å². The molecule has 180 valence electrons. The second-order valence-corrected chi connectivity index (χ2v) is 10.8. The third kappa shape index (κ3) is 3.41. The van der Waals surface area contributed by atoms with E-state index in [0.717, 1.165) is 60.3 Å². The van der Waals surface area contributed by atoms with Crippen molar-refractivity contribution in [1.29, 1.82) is 5.26 Å². The van der Waals surface area contributed by atoms with Gasteiger partial charge in [0.25, 0.3) is 0 Å². The Kier molecular flexibility index (Phi) is 4.75. The van der Waals surface area contributed by atoms with Crippen LogP contribution in [0.4, 0.5) is 0 Å². The first-order valence-corrected chi connectivity index (χ1v) is 13.6. The molecule has 0 spiro atoms. The molecule has 39 heavy (non-hydrogen) atoms. The van der Waals surface area contributed by atoms with Gasteiger partial charge in [0.05, 0.1) is 28.4 Å². The molecule has 0 bridgehead atoms. The summed E-state index contributed by atoms with van der Waals surface area (Å²) in [6.45, 7) is 0. The van der Waals surface area contributed by atoms with Gasteiger partial charge in [-0.3, -0.25) is 4.98 Å². The topological polar surface area (TPSA) is 49.6 Å². The molecule has 0 fully saturated rings. The molecule has 8 rings (SSSR count). The van der Waals surface area contributed by atoms with Gasteiger partial charge >= 0.3 is 0 Å². The standard InChI is InChI=1S/C35H19N3S/c36-20-21-7-15-31-28(18-21)29-19-25(13-16-32(29)39-31)22-8-10-24(11-9-22)34-27-14-12-23-4-3-17-37-35(23)33(27)26-5-1-2-6-30(26)38-34/h1-19H. The van der Waals surface area contributed by atoms with Crippen LogP contribution in [0.3, 0.4) is 0 Å². The number of hydrogen-bond donors (Lipinski definition) is 0. The van der Waals surface area contributed by atoms with Gasteiger partial charge < -0.3 is 0 Å². The summed E-state index contributed by atoms with van der Waals surface area (Å²) in [5, 5.41) is 16.2. The van der Waals surface area contributed by atoms with Crippen LogP contribution >= 0.6 is 11.3 Å². The molecule has 3 aromatic heterocycles. The van der Waals surface area contributed by atoms with Gasteiger partial charge in [-0.15, -0.1) is 11.3 Å². The monoisotopic (exact) mass is 513 g/mol. The fourth-order valence-corrected chi connectivity index (χ4v) is 6.71. The summed E-state index contributed by atoms with van der Waals surface area (Å²) in [5.41, 5.74) is 7.00. The highest BCUT2D eigenvalue weighted by Crippen LogP contribution is 2.39. The van der Waals surface area contributed by atoms with Gasteiger partial charge in [0.15, 0.2) is 0 Å². The maximum absolute atomic E-state index is 9.38. The molecule has 0 aliphatic rings. The lowest BCUT2D eigenvalue weighted by Crippen LogP contribution is -1.92. The van der Waals surface area contributed by atoms with Crippen molar-refractivity contribution in [3.05, 3.63) is 121 Å². The molecule has 0 atom stereocenters. The van der Waals surface area contributed by atoms with E-state index in [0.29, 0.717) is 5.56 Å². The summed E-state index contributed by atoms with van der Waals surface area (Å²) in [4.78, 5) is 9.87. The van der Waals surface area contributed by atoms with Crippen molar-refractivity contribution in [3.63, 3.8) is 0 Å². The van der Waals surface area contributed by atoms with Gasteiger partial charge in [-0.2, -0.15) is 5.26 Å². The highest BCUT2D eigenvalue weighted by molar-refractivity contribution is 7.25. The van der Waals surface area contributed by atoms with Crippen LogP contribution in [0, 0.1) is 11.3 Å². The number of para-hydroxylation sites is 1. The number of nitrogens with zero attached hydrogens (tertiary/aromatic N) is 3. The lowest BCUT2D eigenvalue weighted by atomic mass is 9.96. The van der Waals surface area contributed by atoms with E-state index in [1.54, 1.807) is 11.3 Å². The number of thiophene rings is 1.